The fraction of sp³-hybridized carbons (Fsp3) is 0.294. The van der Waals surface area contributed by atoms with E-state index in [0.717, 1.165) is 17.7 Å². The smallest absolute Gasteiger partial charge is 0.255 e. The van der Waals surface area contributed by atoms with E-state index in [1.165, 1.54) is 7.11 Å². The van der Waals surface area contributed by atoms with E-state index in [1.54, 1.807) is 24.3 Å². The van der Waals surface area contributed by atoms with Crippen LogP contribution in [0.5, 0.6) is 0 Å². The topological polar surface area (TPSA) is 50.7 Å². The fourth-order valence-corrected chi connectivity index (χ4v) is 2.51. The van der Waals surface area contributed by atoms with Crippen molar-refractivity contribution in [2.45, 2.75) is 19.8 Å². The lowest BCUT2D eigenvalue weighted by molar-refractivity contribution is 0.0967. The summed E-state index contributed by atoms with van der Waals surface area (Å²) in [4.78, 5) is 17.2. The number of amides is 1. The summed E-state index contributed by atoms with van der Waals surface area (Å²) in [6.07, 6.45) is 3.48. The van der Waals surface area contributed by atoms with Gasteiger partial charge in [0.1, 0.15) is 12.8 Å². The number of oxime groups is 1. The van der Waals surface area contributed by atoms with Gasteiger partial charge < -0.3 is 10.2 Å². The summed E-state index contributed by atoms with van der Waals surface area (Å²) in [6, 6.07) is 6.82. The largest absolute Gasteiger partial charge is 0.399 e. The highest BCUT2D eigenvalue weighted by Crippen LogP contribution is 2.26. The van der Waals surface area contributed by atoms with Crippen LogP contribution in [-0.4, -0.2) is 18.7 Å². The molecule has 5 heteroatoms. The van der Waals surface area contributed by atoms with Crippen molar-refractivity contribution in [3.8, 4) is 0 Å². The van der Waals surface area contributed by atoms with Gasteiger partial charge in [0.15, 0.2) is 0 Å². The Bertz CT molecular complexity index is 650. The zero-order chi connectivity index (χ0) is 16.1. The second-order valence-corrected chi connectivity index (χ2v) is 5.72. The number of hydrogen-bond donors (Lipinski definition) is 1. The van der Waals surface area contributed by atoms with Crippen LogP contribution in [0.4, 0.5) is 0 Å². The Balaban J connectivity index is 2.18. The highest BCUT2D eigenvalue weighted by atomic mass is 35.5. The van der Waals surface area contributed by atoms with Gasteiger partial charge in [-0.05, 0) is 37.5 Å². The predicted octanol–water partition coefficient (Wildman–Crippen LogP) is 3.94. The van der Waals surface area contributed by atoms with Crippen molar-refractivity contribution < 1.29 is 9.63 Å². The van der Waals surface area contributed by atoms with Crippen LogP contribution < -0.4 is 5.32 Å². The Labute approximate surface area is 135 Å². The molecule has 1 amide bonds. The summed E-state index contributed by atoms with van der Waals surface area (Å²) < 4.78 is 0. The van der Waals surface area contributed by atoms with E-state index in [-0.39, 0.29) is 5.91 Å². The molecule has 0 saturated carbocycles. The van der Waals surface area contributed by atoms with Crippen LogP contribution in [0.25, 0.3) is 0 Å². The zero-order valence-corrected chi connectivity index (χ0v) is 13.5. The van der Waals surface area contributed by atoms with Crippen LogP contribution in [0.15, 0.2) is 53.3 Å². The maximum absolute atomic E-state index is 12.3. The molecule has 1 aliphatic rings. The normalized spacial score (nSPS) is 19.5. The Morgan fingerprint density at radius 1 is 1.50 bits per heavy atom. The minimum atomic E-state index is -0.216. The highest BCUT2D eigenvalue weighted by Gasteiger charge is 2.23. The molecule has 1 aromatic rings. The second kappa shape index (κ2) is 7.27. The van der Waals surface area contributed by atoms with Gasteiger partial charge in [0, 0.05) is 17.0 Å². The summed E-state index contributed by atoms with van der Waals surface area (Å²) in [5, 5.41) is 7.43. The number of carbonyl (C=O) groups excluding carboxylic acids is 1. The van der Waals surface area contributed by atoms with E-state index in [0.29, 0.717) is 28.6 Å². The van der Waals surface area contributed by atoms with E-state index in [1.807, 2.05) is 13.0 Å². The van der Waals surface area contributed by atoms with Gasteiger partial charge in [-0.1, -0.05) is 41.1 Å². The minimum Gasteiger partial charge on any atom is -0.399 e. The SMILES string of the molecule is C=C(C)[C@@H]1CC=C(NC(=O)c2cccc(Cl)c2)/C(=N/OC)C1. The average molecular weight is 319 g/mol. The molecule has 0 aromatic heterocycles. The average Bonchev–Trinajstić information content (AvgIpc) is 2.49. The molecule has 0 spiro atoms. The third kappa shape index (κ3) is 3.98. The van der Waals surface area contributed by atoms with E-state index in [2.05, 4.69) is 17.1 Å². The third-order valence-corrected chi connectivity index (χ3v) is 3.83. The van der Waals surface area contributed by atoms with E-state index in [4.69, 9.17) is 16.4 Å². The first kappa shape index (κ1) is 16.3. The third-order valence-electron chi connectivity index (χ3n) is 3.59. The molecule has 2 rings (SSSR count). The Morgan fingerprint density at radius 3 is 2.91 bits per heavy atom. The lowest BCUT2D eigenvalue weighted by Gasteiger charge is -2.23. The van der Waals surface area contributed by atoms with Crippen LogP contribution >= 0.6 is 11.6 Å². The maximum atomic E-state index is 12.3. The number of halogens is 1. The first-order valence-electron chi connectivity index (χ1n) is 7.04. The molecule has 116 valence electrons. The van der Waals surface area contributed by atoms with Crippen LogP contribution in [-0.2, 0) is 4.84 Å². The zero-order valence-electron chi connectivity index (χ0n) is 12.7. The monoisotopic (exact) mass is 318 g/mol. The van der Waals surface area contributed by atoms with Gasteiger partial charge in [0.25, 0.3) is 5.91 Å². The van der Waals surface area contributed by atoms with Gasteiger partial charge >= 0.3 is 0 Å². The van der Waals surface area contributed by atoms with Crippen LogP contribution in [0, 0.1) is 5.92 Å². The molecule has 1 aromatic carbocycles. The number of hydrogen-bond acceptors (Lipinski definition) is 3. The molecular formula is C17H19ClN2O2. The number of nitrogens with one attached hydrogen (secondary N) is 1. The van der Waals surface area contributed by atoms with Gasteiger partial charge in [-0.2, -0.15) is 0 Å². The number of carbonyl (C=O) groups is 1. The summed E-state index contributed by atoms with van der Waals surface area (Å²) >= 11 is 5.92. The molecule has 0 fully saturated rings. The van der Waals surface area contributed by atoms with E-state index in [9.17, 15) is 4.79 Å². The molecule has 1 N–H and O–H groups in total. The summed E-state index contributed by atoms with van der Waals surface area (Å²) in [6.45, 7) is 5.99. The Morgan fingerprint density at radius 2 is 2.27 bits per heavy atom. The van der Waals surface area contributed by atoms with Crippen molar-refractivity contribution in [3.63, 3.8) is 0 Å². The first-order chi connectivity index (χ1) is 10.5. The molecule has 0 bridgehead atoms. The summed E-state index contributed by atoms with van der Waals surface area (Å²) in [5.41, 5.74) is 3.01. The molecule has 0 radical (unpaired) electrons. The lowest BCUT2D eigenvalue weighted by Crippen LogP contribution is -2.31. The van der Waals surface area contributed by atoms with Gasteiger partial charge in [0.05, 0.1) is 5.70 Å². The molecule has 0 unspecified atom stereocenters. The van der Waals surface area contributed by atoms with E-state index < -0.39 is 0 Å². The fourth-order valence-electron chi connectivity index (χ4n) is 2.32. The molecule has 1 atom stereocenters. The van der Waals surface area contributed by atoms with Crippen LogP contribution in [0.2, 0.25) is 5.02 Å². The van der Waals surface area contributed by atoms with Gasteiger partial charge in [-0.3, -0.25) is 4.79 Å². The quantitative estimate of drug-likeness (QED) is 0.675. The first-order valence-corrected chi connectivity index (χ1v) is 7.42. The lowest BCUT2D eigenvalue weighted by atomic mass is 9.86. The number of benzene rings is 1. The van der Waals surface area contributed by atoms with Gasteiger partial charge in [-0.15, -0.1) is 0 Å². The van der Waals surface area contributed by atoms with Gasteiger partial charge in [-0.25, -0.2) is 0 Å². The molecule has 1 aliphatic carbocycles. The molecule has 4 nitrogen and oxygen atoms in total. The Hall–Kier alpha value is -2.07. The van der Waals surface area contributed by atoms with Crippen molar-refractivity contribution in [3.05, 3.63) is 58.8 Å². The molecule has 0 saturated heterocycles. The number of rotatable bonds is 4. The number of allylic oxidation sites excluding steroid dienone is 3. The molecule has 22 heavy (non-hydrogen) atoms. The van der Waals surface area contributed by atoms with Gasteiger partial charge in [0.2, 0.25) is 0 Å². The van der Waals surface area contributed by atoms with Crippen molar-refractivity contribution >= 4 is 23.2 Å². The van der Waals surface area contributed by atoms with Crippen LogP contribution in [0.1, 0.15) is 30.1 Å². The predicted molar refractivity (Wildman–Crippen MR) is 89.0 cm³/mol. The number of nitrogens with zero attached hydrogens (tertiary/aromatic N) is 1. The standard InChI is InChI=1S/C17H19ClN2O2/c1-11(2)12-7-8-15(16(10-12)20-22-3)19-17(21)13-5-4-6-14(18)9-13/h4-6,8-9,12H,1,7,10H2,2-3H3,(H,19,21)/b20-16+/t12-/m1/s1. The molecular weight excluding hydrogens is 300 g/mol. The second-order valence-electron chi connectivity index (χ2n) is 5.29. The Kier molecular flexibility index (Phi) is 5.39. The maximum Gasteiger partial charge on any atom is 0.255 e. The van der Waals surface area contributed by atoms with Crippen molar-refractivity contribution in [2.24, 2.45) is 11.1 Å². The highest BCUT2D eigenvalue weighted by molar-refractivity contribution is 6.31. The van der Waals surface area contributed by atoms with Crippen LogP contribution in [0.3, 0.4) is 0 Å². The summed E-state index contributed by atoms with van der Waals surface area (Å²) in [5.74, 6) is 0.104. The minimum absolute atomic E-state index is 0.216. The summed E-state index contributed by atoms with van der Waals surface area (Å²) in [7, 11) is 1.49. The van der Waals surface area contributed by atoms with Crippen molar-refractivity contribution in [1.82, 2.24) is 5.32 Å². The molecule has 0 aliphatic heterocycles. The van der Waals surface area contributed by atoms with Crippen molar-refractivity contribution in [2.75, 3.05) is 7.11 Å². The van der Waals surface area contributed by atoms with E-state index >= 15 is 0 Å². The molecule has 0 heterocycles. The van der Waals surface area contributed by atoms with Crippen molar-refractivity contribution in [1.29, 1.82) is 0 Å².